The fourth-order valence-electron chi connectivity index (χ4n) is 3.69. The van der Waals surface area contributed by atoms with Gasteiger partial charge in [-0.25, -0.2) is 15.0 Å². The molecule has 0 saturated heterocycles. The summed E-state index contributed by atoms with van der Waals surface area (Å²) in [5, 5.41) is 0. The summed E-state index contributed by atoms with van der Waals surface area (Å²) in [6.45, 7) is 0. The fraction of sp³-hybridized carbons (Fsp3) is 0. The zero-order chi connectivity index (χ0) is 25.7. The summed E-state index contributed by atoms with van der Waals surface area (Å²) in [7, 11) is 9.53. The minimum absolute atomic E-state index is 0.194. The first-order chi connectivity index (χ1) is 18.3. The Hall–Kier alpha value is -3.53. The number of pyridine rings is 1. The van der Waals surface area contributed by atoms with Crippen LogP contribution in [0.4, 0.5) is 11.4 Å². The summed E-state index contributed by atoms with van der Waals surface area (Å²) in [6.07, 6.45) is 0. The third-order valence-corrected chi connectivity index (χ3v) is 5.32. The predicted molar refractivity (Wildman–Crippen MR) is 152 cm³/mol. The molecule has 5 rings (SSSR count). The Morgan fingerprint density at radius 1 is 0.459 bits per heavy atom. The quantitative estimate of drug-likeness (QED) is 0.150. The Bertz CT molecular complexity index is 1340. The van der Waals surface area contributed by atoms with Crippen molar-refractivity contribution in [2.45, 2.75) is 0 Å². The molecule has 1 aromatic heterocycles. The van der Waals surface area contributed by atoms with Gasteiger partial charge in [-0.15, -0.1) is 0 Å². The first-order valence-corrected chi connectivity index (χ1v) is 14.5. The van der Waals surface area contributed by atoms with E-state index in [0.29, 0.717) is 0 Å². The molecule has 0 radical (unpaired) electrons. The van der Waals surface area contributed by atoms with Crippen LogP contribution in [0.2, 0.25) is 0 Å². The van der Waals surface area contributed by atoms with E-state index in [2.05, 4.69) is 24.3 Å². The molecule has 5 aromatic rings. The smallest absolute Gasteiger partial charge is 0.0965 e. The molecule has 0 atom stereocenters. The summed E-state index contributed by atoms with van der Waals surface area (Å²) in [5.41, 5.74) is 7.02. The number of para-hydroxylation sites is 2. The van der Waals surface area contributed by atoms with Crippen molar-refractivity contribution < 1.29 is 13.1 Å². The first-order valence-electron chi connectivity index (χ1n) is 11.5. The van der Waals surface area contributed by atoms with E-state index in [1.807, 2.05) is 115 Å². The average molecular weight is 564 g/mol. The van der Waals surface area contributed by atoms with Crippen molar-refractivity contribution in [3.8, 4) is 0 Å². The first kappa shape index (κ1) is 26.5. The molecule has 37 heavy (non-hydrogen) atoms. The van der Waals surface area contributed by atoms with Gasteiger partial charge in [0.15, 0.2) is 0 Å². The molecular formula is C31H23Cl2FeN3. The average Bonchev–Trinajstić information content (AvgIpc) is 2.97. The van der Waals surface area contributed by atoms with Crippen LogP contribution in [0.15, 0.2) is 150 Å². The van der Waals surface area contributed by atoms with E-state index in [4.69, 9.17) is 35.2 Å². The maximum absolute atomic E-state index is 5.06. The number of rotatable bonds is 6. The SMILES string of the molecule is [Cl][Fe][Cl].c1ccc(N=C(c2ccccc2)c2cccc(C(=Nc3ccccc3)c3ccccc3)n2)cc1. The molecule has 0 aliphatic carbocycles. The van der Waals surface area contributed by atoms with E-state index in [0.717, 1.165) is 45.3 Å². The van der Waals surface area contributed by atoms with Gasteiger partial charge in [0, 0.05) is 11.1 Å². The number of halogens is 2. The minimum atomic E-state index is 0.194. The van der Waals surface area contributed by atoms with E-state index in [1.165, 1.54) is 0 Å². The van der Waals surface area contributed by atoms with E-state index >= 15 is 0 Å². The molecule has 184 valence electrons. The van der Waals surface area contributed by atoms with Gasteiger partial charge in [-0.05, 0) is 36.4 Å². The van der Waals surface area contributed by atoms with Crippen molar-refractivity contribution in [2.24, 2.45) is 9.98 Å². The maximum atomic E-state index is 5.06. The molecule has 0 aliphatic rings. The molecule has 1 heterocycles. The van der Waals surface area contributed by atoms with Crippen molar-refractivity contribution in [2.75, 3.05) is 0 Å². The summed E-state index contributed by atoms with van der Waals surface area (Å²) >= 11 is 0.194. The molecule has 0 fully saturated rings. The van der Waals surface area contributed by atoms with Gasteiger partial charge in [0.25, 0.3) is 0 Å². The molecule has 3 nitrogen and oxygen atoms in total. The summed E-state index contributed by atoms with van der Waals surface area (Å²) in [4.78, 5) is 15.0. The van der Waals surface area contributed by atoms with Crippen LogP contribution < -0.4 is 0 Å². The second-order valence-electron chi connectivity index (χ2n) is 7.78. The topological polar surface area (TPSA) is 37.6 Å². The van der Waals surface area contributed by atoms with Gasteiger partial charge in [-0.2, -0.15) is 0 Å². The van der Waals surface area contributed by atoms with Crippen LogP contribution in [0.3, 0.4) is 0 Å². The Morgan fingerprint density at radius 3 is 1.14 bits per heavy atom. The number of hydrogen-bond donors (Lipinski definition) is 0. The second kappa shape index (κ2) is 14.3. The van der Waals surface area contributed by atoms with Crippen molar-refractivity contribution in [3.63, 3.8) is 0 Å². The molecule has 0 unspecified atom stereocenters. The summed E-state index contributed by atoms with van der Waals surface area (Å²) in [6, 6.07) is 46.3. The Morgan fingerprint density at radius 2 is 0.784 bits per heavy atom. The monoisotopic (exact) mass is 563 g/mol. The molecule has 0 bridgehead atoms. The van der Waals surface area contributed by atoms with Gasteiger partial charge in [-0.3, -0.25) is 0 Å². The van der Waals surface area contributed by atoms with Crippen molar-refractivity contribution in [3.05, 3.63) is 162 Å². The molecule has 0 saturated carbocycles. The third-order valence-electron chi connectivity index (χ3n) is 5.32. The third kappa shape index (κ3) is 7.72. The van der Waals surface area contributed by atoms with E-state index in [-0.39, 0.29) is 13.1 Å². The van der Waals surface area contributed by atoms with Gasteiger partial charge < -0.3 is 0 Å². The predicted octanol–water partition coefficient (Wildman–Crippen LogP) is 8.80. The van der Waals surface area contributed by atoms with Crippen LogP contribution in [0.5, 0.6) is 0 Å². The van der Waals surface area contributed by atoms with Gasteiger partial charge >= 0.3 is 33.3 Å². The number of hydrogen-bond acceptors (Lipinski definition) is 3. The zero-order valence-corrected chi connectivity index (χ0v) is 22.3. The second-order valence-corrected chi connectivity index (χ2v) is 9.61. The molecule has 0 spiro atoms. The largest absolute Gasteiger partial charge is 0.246 e. The summed E-state index contributed by atoms with van der Waals surface area (Å²) in [5.74, 6) is 0. The van der Waals surface area contributed by atoms with Crippen LogP contribution in [0.1, 0.15) is 22.5 Å². The molecule has 0 aliphatic heterocycles. The normalized spacial score (nSPS) is 11.5. The Kier molecular flexibility index (Phi) is 10.2. The van der Waals surface area contributed by atoms with Gasteiger partial charge in [0.2, 0.25) is 0 Å². The van der Waals surface area contributed by atoms with Crippen molar-refractivity contribution in [1.82, 2.24) is 4.98 Å². The van der Waals surface area contributed by atoms with E-state index in [1.54, 1.807) is 0 Å². The molecule has 4 aromatic carbocycles. The molecule has 0 N–H and O–H groups in total. The van der Waals surface area contributed by atoms with Crippen LogP contribution in [0, 0.1) is 0 Å². The summed E-state index contributed by atoms with van der Waals surface area (Å²) < 4.78 is 0. The van der Waals surface area contributed by atoms with Crippen molar-refractivity contribution in [1.29, 1.82) is 0 Å². The fourth-order valence-corrected chi connectivity index (χ4v) is 3.69. The molecular weight excluding hydrogens is 541 g/mol. The van der Waals surface area contributed by atoms with Crippen LogP contribution in [-0.4, -0.2) is 16.4 Å². The number of nitrogens with zero attached hydrogens (tertiary/aromatic N) is 3. The van der Waals surface area contributed by atoms with Gasteiger partial charge in [0.1, 0.15) is 0 Å². The maximum Gasteiger partial charge on any atom is 0.0965 e. The van der Waals surface area contributed by atoms with Crippen LogP contribution in [0.25, 0.3) is 0 Å². The molecule has 6 heteroatoms. The van der Waals surface area contributed by atoms with Crippen LogP contribution >= 0.6 is 20.2 Å². The number of aliphatic imine (C=N–C) groups is 2. The van der Waals surface area contributed by atoms with E-state index in [9.17, 15) is 0 Å². The minimum Gasteiger partial charge on any atom is -0.246 e. The Balaban J connectivity index is 0.00000102. The standard InChI is InChI=1S/C31H23N3.2ClH.Fe/c1-5-14-24(15-6-1)30(32-26-18-9-3-10-19-26)28-22-13-23-29(34-28)31(25-16-7-2-8-17-25)33-27-20-11-4-12-21-27;;;/h1-23H;2*1H;/q;;;+2/p-2. The Labute approximate surface area is 232 Å². The molecule has 0 amide bonds. The number of aromatic nitrogens is 1. The van der Waals surface area contributed by atoms with E-state index < -0.39 is 0 Å². The van der Waals surface area contributed by atoms with Crippen molar-refractivity contribution >= 4 is 43.0 Å². The van der Waals surface area contributed by atoms with Gasteiger partial charge in [0.05, 0.1) is 34.2 Å². The zero-order valence-electron chi connectivity index (χ0n) is 19.7. The number of benzene rings is 4. The van der Waals surface area contributed by atoms with Crippen LogP contribution in [-0.2, 0) is 13.1 Å². The van der Waals surface area contributed by atoms with Gasteiger partial charge in [-0.1, -0.05) is 103 Å².